The predicted molar refractivity (Wildman–Crippen MR) is 74.9 cm³/mol. The van der Waals surface area contributed by atoms with Crippen LogP contribution in [0.3, 0.4) is 0 Å². The summed E-state index contributed by atoms with van der Waals surface area (Å²) < 4.78 is 4.70. The predicted octanol–water partition coefficient (Wildman–Crippen LogP) is 3.74. The molecule has 3 nitrogen and oxygen atoms in total. The molecule has 1 saturated carbocycles. The van der Waals surface area contributed by atoms with Crippen molar-refractivity contribution in [3.05, 3.63) is 10.0 Å². The standard InChI is InChI=1S/C13H20ClN3S/c14-13-11(15-16-18-13)9-17-8-4-7-12(17)10-5-2-1-3-6-10/h10,12H,1-9H2/t12-/m0/s1. The minimum atomic E-state index is 0.767. The molecule has 0 spiro atoms. The van der Waals surface area contributed by atoms with E-state index in [0.717, 1.165) is 28.5 Å². The van der Waals surface area contributed by atoms with Crippen LogP contribution in [0.5, 0.6) is 0 Å². The number of hydrogen-bond acceptors (Lipinski definition) is 4. The van der Waals surface area contributed by atoms with E-state index in [1.165, 1.54) is 63.0 Å². The SMILES string of the molecule is Clc1snnc1CN1CCC[C@H]1C1CCCCC1. The second-order valence-corrected chi connectivity index (χ2v) is 6.93. The molecule has 1 aromatic rings. The molecule has 1 aliphatic heterocycles. The van der Waals surface area contributed by atoms with Gasteiger partial charge in [-0.3, -0.25) is 4.90 Å². The highest BCUT2D eigenvalue weighted by molar-refractivity contribution is 7.10. The van der Waals surface area contributed by atoms with Crippen LogP contribution in [-0.4, -0.2) is 27.1 Å². The zero-order valence-electron chi connectivity index (χ0n) is 10.6. The van der Waals surface area contributed by atoms with Crippen LogP contribution in [0.2, 0.25) is 4.34 Å². The highest BCUT2D eigenvalue weighted by Gasteiger charge is 2.32. The fourth-order valence-electron chi connectivity index (χ4n) is 3.58. The van der Waals surface area contributed by atoms with Crippen molar-refractivity contribution in [3.63, 3.8) is 0 Å². The Hall–Kier alpha value is -0.190. The first-order valence-electron chi connectivity index (χ1n) is 7.05. The van der Waals surface area contributed by atoms with Gasteiger partial charge >= 0.3 is 0 Å². The molecule has 5 heteroatoms. The number of nitrogens with zero attached hydrogens (tertiary/aromatic N) is 3. The van der Waals surface area contributed by atoms with Gasteiger partial charge in [0.1, 0.15) is 10.0 Å². The Morgan fingerprint density at radius 2 is 2.00 bits per heavy atom. The molecule has 1 aliphatic carbocycles. The number of likely N-dealkylation sites (tertiary alicyclic amines) is 1. The monoisotopic (exact) mass is 285 g/mol. The number of rotatable bonds is 3. The van der Waals surface area contributed by atoms with Crippen LogP contribution in [0.4, 0.5) is 0 Å². The summed E-state index contributed by atoms with van der Waals surface area (Å²) in [6.45, 7) is 2.10. The van der Waals surface area contributed by atoms with E-state index in [1.807, 2.05) is 0 Å². The maximum atomic E-state index is 6.12. The van der Waals surface area contributed by atoms with Gasteiger partial charge in [-0.25, -0.2) is 0 Å². The normalized spacial score (nSPS) is 26.8. The average molecular weight is 286 g/mol. The van der Waals surface area contributed by atoms with Gasteiger partial charge in [-0.1, -0.05) is 35.4 Å². The first-order valence-corrected chi connectivity index (χ1v) is 8.20. The molecule has 1 saturated heterocycles. The van der Waals surface area contributed by atoms with Gasteiger partial charge in [0.15, 0.2) is 0 Å². The fraction of sp³-hybridized carbons (Fsp3) is 0.846. The minimum absolute atomic E-state index is 0.767. The summed E-state index contributed by atoms with van der Waals surface area (Å²) >= 11 is 7.42. The van der Waals surface area contributed by atoms with E-state index in [4.69, 9.17) is 11.6 Å². The van der Waals surface area contributed by atoms with Crippen molar-refractivity contribution in [2.75, 3.05) is 6.54 Å². The van der Waals surface area contributed by atoms with Crippen LogP contribution in [-0.2, 0) is 6.54 Å². The lowest BCUT2D eigenvalue weighted by molar-refractivity contribution is 0.150. The molecule has 100 valence electrons. The molecule has 0 bridgehead atoms. The van der Waals surface area contributed by atoms with E-state index in [1.54, 1.807) is 0 Å². The first kappa shape index (κ1) is 12.8. The van der Waals surface area contributed by atoms with Gasteiger partial charge in [0.25, 0.3) is 0 Å². The molecule has 2 aliphatic rings. The zero-order chi connectivity index (χ0) is 12.4. The molecule has 0 unspecified atom stereocenters. The molecular formula is C13H20ClN3S. The summed E-state index contributed by atoms with van der Waals surface area (Å²) in [7, 11) is 0. The molecule has 0 amide bonds. The number of halogens is 1. The largest absolute Gasteiger partial charge is 0.294 e. The third-order valence-electron chi connectivity index (χ3n) is 4.47. The maximum absolute atomic E-state index is 6.12. The Bertz CT molecular complexity index is 389. The lowest BCUT2D eigenvalue weighted by atomic mass is 9.83. The van der Waals surface area contributed by atoms with Crippen molar-refractivity contribution in [2.24, 2.45) is 5.92 Å². The Morgan fingerprint density at radius 3 is 2.72 bits per heavy atom. The lowest BCUT2D eigenvalue weighted by Gasteiger charge is -2.33. The number of hydrogen-bond donors (Lipinski definition) is 0. The van der Waals surface area contributed by atoms with E-state index < -0.39 is 0 Å². The van der Waals surface area contributed by atoms with Crippen molar-refractivity contribution in [3.8, 4) is 0 Å². The van der Waals surface area contributed by atoms with E-state index in [0.29, 0.717) is 0 Å². The summed E-state index contributed by atoms with van der Waals surface area (Å²) in [6, 6.07) is 0.767. The molecule has 3 rings (SSSR count). The van der Waals surface area contributed by atoms with E-state index in [9.17, 15) is 0 Å². The minimum Gasteiger partial charge on any atom is -0.294 e. The molecule has 1 aromatic heterocycles. The third-order valence-corrected chi connectivity index (χ3v) is 5.45. The summed E-state index contributed by atoms with van der Waals surface area (Å²) in [6.07, 6.45) is 9.82. The second kappa shape index (κ2) is 5.85. The molecule has 0 radical (unpaired) electrons. The maximum Gasteiger partial charge on any atom is 0.138 e. The smallest absolute Gasteiger partial charge is 0.138 e. The zero-order valence-corrected chi connectivity index (χ0v) is 12.2. The van der Waals surface area contributed by atoms with Gasteiger partial charge in [-0.05, 0) is 38.1 Å². The Balaban J connectivity index is 1.65. The molecule has 18 heavy (non-hydrogen) atoms. The molecule has 0 N–H and O–H groups in total. The topological polar surface area (TPSA) is 29.0 Å². The Kier molecular flexibility index (Phi) is 4.16. The van der Waals surface area contributed by atoms with Gasteiger partial charge in [0, 0.05) is 24.1 Å². The summed E-state index contributed by atoms with van der Waals surface area (Å²) in [5.74, 6) is 0.909. The summed E-state index contributed by atoms with van der Waals surface area (Å²) in [4.78, 5) is 2.60. The lowest BCUT2D eigenvalue weighted by Crippen LogP contribution is -2.36. The summed E-state index contributed by atoms with van der Waals surface area (Å²) in [5, 5.41) is 4.15. The average Bonchev–Trinajstić information content (AvgIpc) is 3.01. The quantitative estimate of drug-likeness (QED) is 0.847. The van der Waals surface area contributed by atoms with Gasteiger partial charge in [0.2, 0.25) is 0 Å². The molecule has 0 aromatic carbocycles. The van der Waals surface area contributed by atoms with Crippen LogP contribution in [0.15, 0.2) is 0 Å². The Labute approximate surface area is 118 Å². The van der Waals surface area contributed by atoms with Gasteiger partial charge in [-0.2, -0.15) is 0 Å². The van der Waals surface area contributed by atoms with Crippen molar-refractivity contribution in [2.45, 2.75) is 57.5 Å². The fourth-order valence-corrected chi connectivity index (χ4v) is 4.20. The third kappa shape index (κ3) is 2.70. The molecule has 1 atom stereocenters. The van der Waals surface area contributed by atoms with E-state index in [-0.39, 0.29) is 0 Å². The summed E-state index contributed by atoms with van der Waals surface area (Å²) in [5.41, 5.74) is 0.976. The van der Waals surface area contributed by atoms with Crippen molar-refractivity contribution in [1.82, 2.24) is 14.5 Å². The van der Waals surface area contributed by atoms with Crippen LogP contribution in [0.1, 0.15) is 50.6 Å². The molecule has 2 fully saturated rings. The van der Waals surface area contributed by atoms with E-state index in [2.05, 4.69) is 14.5 Å². The van der Waals surface area contributed by atoms with Crippen LogP contribution >= 0.6 is 23.1 Å². The highest BCUT2D eigenvalue weighted by Crippen LogP contribution is 2.35. The van der Waals surface area contributed by atoms with Crippen LogP contribution < -0.4 is 0 Å². The Morgan fingerprint density at radius 1 is 1.17 bits per heavy atom. The molecule has 2 heterocycles. The van der Waals surface area contributed by atoms with E-state index >= 15 is 0 Å². The van der Waals surface area contributed by atoms with Gasteiger partial charge < -0.3 is 0 Å². The van der Waals surface area contributed by atoms with Crippen molar-refractivity contribution in [1.29, 1.82) is 0 Å². The first-order chi connectivity index (χ1) is 8.84. The van der Waals surface area contributed by atoms with Crippen molar-refractivity contribution < 1.29 is 0 Å². The second-order valence-electron chi connectivity index (χ2n) is 5.57. The van der Waals surface area contributed by atoms with Crippen LogP contribution in [0, 0.1) is 5.92 Å². The van der Waals surface area contributed by atoms with Crippen molar-refractivity contribution >= 4 is 23.1 Å². The van der Waals surface area contributed by atoms with Crippen LogP contribution in [0.25, 0.3) is 0 Å². The van der Waals surface area contributed by atoms with Gasteiger partial charge in [0.05, 0.1) is 0 Å². The van der Waals surface area contributed by atoms with Gasteiger partial charge in [-0.15, -0.1) is 5.10 Å². The molecular weight excluding hydrogens is 266 g/mol. The number of aromatic nitrogens is 2. The highest BCUT2D eigenvalue weighted by atomic mass is 35.5.